The van der Waals surface area contributed by atoms with Gasteiger partial charge in [0.15, 0.2) is 0 Å². The molecule has 0 aliphatic heterocycles. The van der Waals surface area contributed by atoms with Crippen molar-refractivity contribution < 1.29 is 14.3 Å². The molecule has 3 aromatic carbocycles. The van der Waals surface area contributed by atoms with Gasteiger partial charge in [0.1, 0.15) is 12.4 Å². The molecule has 2 N–H and O–H groups in total. The average molecular weight is 436 g/mol. The van der Waals surface area contributed by atoms with Crippen LogP contribution in [0.5, 0.6) is 5.75 Å². The van der Waals surface area contributed by atoms with Crippen LogP contribution in [0.4, 0.5) is 5.69 Å². The lowest BCUT2D eigenvalue weighted by Gasteiger charge is -2.07. The molecule has 0 aliphatic carbocycles. The number of amides is 2. The largest absolute Gasteiger partial charge is 0.489 e. The minimum Gasteiger partial charge on any atom is -0.489 e. The highest BCUT2D eigenvalue weighted by atomic mass is 35.5. The van der Waals surface area contributed by atoms with E-state index < -0.39 is 11.8 Å². The Hall–Kier alpha value is -3.64. The summed E-state index contributed by atoms with van der Waals surface area (Å²) in [7, 11) is 0. The minimum atomic E-state index is -0.883. The Bertz CT molecular complexity index is 1090. The number of anilines is 1. The molecule has 158 valence electrons. The van der Waals surface area contributed by atoms with E-state index in [1.165, 1.54) is 11.8 Å². The van der Waals surface area contributed by atoms with Crippen LogP contribution in [-0.4, -0.2) is 18.0 Å². The zero-order valence-electron chi connectivity index (χ0n) is 17.2. The Morgan fingerprint density at radius 3 is 2.35 bits per heavy atom. The number of benzene rings is 3. The molecule has 3 aromatic rings. The Labute approximate surface area is 185 Å². The number of carbonyl (C=O) groups is 2. The van der Waals surface area contributed by atoms with Crippen molar-refractivity contribution in [3.8, 4) is 5.75 Å². The van der Waals surface area contributed by atoms with Crippen molar-refractivity contribution in [3.63, 3.8) is 0 Å². The van der Waals surface area contributed by atoms with Gasteiger partial charge in [-0.25, -0.2) is 5.43 Å². The number of hydrazone groups is 1. The molecule has 31 heavy (non-hydrogen) atoms. The van der Waals surface area contributed by atoms with Gasteiger partial charge in [-0.1, -0.05) is 47.5 Å². The molecule has 6 nitrogen and oxygen atoms in total. The number of nitrogens with one attached hydrogen (secondary N) is 2. The summed E-state index contributed by atoms with van der Waals surface area (Å²) in [6.07, 6.45) is 1.44. The van der Waals surface area contributed by atoms with E-state index in [1.54, 1.807) is 30.3 Å². The normalized spacial score (nSPS) is 10.7. The van der Waals surface area contributed by atoms with Crippen molar-refractivity contribution in [2.75, 3.05) is 5.32 Å². The predicted octanol–water partition coefficient (Wildman–Crippen LogP) is 4.62. The predicted molar refractivity (Wildman–Crippen MR) is 123 cm³/mol. The van der Waals surface area contributed by atoms with Gasteiger partial charge in [-0.05, 0) is 66.9 Å². The lowest BCUT2D eigenvalue weighted by Crippen LogP contribution is -2.32. The number of nitrogens with zero attached hydrogens (tertiary/aromatic N) is 1. The van der Waals surface area contributed by atoms with Crippen LogP contribution in [0, 0.1) is 13.8 Å². The minimum absolute atomic E-state index is 0.431. The molecule has 0 unspecified atom stereocenters. The number of halogens is 1. The molecule has 2 amide bonds. The van der Waals surface area contributed by atoms with Gasteiger partial charge in [-0.15, -0.1) is 0 Å². The summed E-state index contributed by atoms with van der Waals surface area (Å²) >= 11 is 6.01. The van der Waals surface area contributed by atoms with E-state index in [9.17, 15) is 9.59 Å². The number of carbonyl (C=O) groups excluding carboxylic acids is 2. The first-order valence-corrected chi connectivity index (χ1v) is 9.97. The molecular weight excluding hydrogens is 414 g/mol. The molecule has 0 atom stereocenters. The van der Waals surface area contributed by atoms with E-state index in [0.717, 1.165) is 22.4 Å². The van der Waals surface area contributed by atoms with Crippen LogP contribution < -0.4 is 15.5 Å². The SMILES string of the molecule is Cc1ccc(COc2ccc(/C=N\NC(=O)C(=O)Nc3ccc(C)c(Cl)c3)cc2)cc1. The van der Waals surface area contributed by atoms with Gasteiger partial charge in [0.05, 0.1) is 6.21 Å². The van der Waals surface area contributed by atoms with Crippen LogP contribution in [0.3, 0.4) is 0 Å². The zero-order valence-corrected chi connectivity index (χ0v) is 17.9. The number of hydrogen-bond acceptors (Lipinski definition) is 4. The lowest BCUT2D eigenvalue weighted by atomic mass is 10.2. The lowest BCUT2D eigenvalue weighted by molar-refractivity contribution is -0.136. The summed E-state index contributed by atoms with van der Waals surface area (Å²) in [6, 6.07) is 20.4. The second kappa shape index (κ2) is 10.4. The third-order valence-corrected chi connectivity index (χ3v) is 4.83. The molecule has 3 rings (SSSR count). The summed E-state index contributed by atoms with van der Waals surface area (Å²) in [6.45, 7) is 4.36. The van der Waals surface area contributed by atoms with Crippen molar-refractivity contribution in [3.05, 3.63) is 94.0 Å². The summed E-state index contributed by atoms with van der Waals surface area (Å²) in [5.41, 5.74) is 6.54. The molecule has 0 fully saturated rings. The van der Waals surface area contributed by atoms with Crippen LogP contribution >= 0.6 is 11.6 Å². The van der Waals surface area contributed by atoms with Gasteiger partial charge in [0.2, 0.25) is 0 Å². The van der Waals surface area contributed by atoms with Crippen LogP contribution in [0.1, 0.15) is 22.3 Å². The van der Waals surface area contributed by atoms with E-state index in [4.69, 9.17) is 16.3 Å². The molecule has 0 aromatic heterocycles. The van der Waals surface area contributed by atoms with E-state index in [2.05, 4.69) is 15.8 Å². The van der Waals surface area contributed by atoms with E-state index in [1.807, 2.05) is 50.2 Å². The Morgan fingerprint density at radius 1 is 0.968 bits per heavy atom. The first-order valence-electron chi connectivity index (χ1n) is 9.59. The second-order valence-corrected chi connectivity index (χ2v) is 7.37. The highest BCUT2D eigenvalue weighted by Crippen LogP contribution is 2.19. The van der Waals surface area contributed by atoms with Crippen LogP contribution in [0.25, 0.3) is 0 Å². The monoisotopic (exact) mass is 435 g/mol. The molecule has 0 heterocycles. The zero-order chi connectivity index (χ0) is 22.2. The number of aryl methyl sites for hydroxylation is 2. The molecule has 0 bridgehead atoms. The van der Waals surface area contributed by atoms with Crippen LogP contribution in [-0.2, 0) is 16.2 Å². The smallest absolute Gasteiger partial charge is 0.329 e. The topological polar surface area (TPSA) is 79.8 Å². The molecule has 0 aliphatic rings. The fraction of sp³-hybridized carbons (Fsp3) is 0.125. The number of hydrogen-bond donors (Lipinski definition) is 2. The van der Waals surface area contributed by atoms with E-state index in [-0.39, 0.29) is 0 Å². The van der Waals surface area contributed by atoms with Gasteiger partial charge >= 0.3 is 11.8 Å². The van der Waals surface area contributed by atoms with Crippen molar-refractivity contribution in [2.24, 2.45) is 5.10 Å². The Balaban J connectivity index is 1.47. The van der Waals surface area contributed by atoms with Gasteiger partial charge < -0.3 is 10.1 Å². The van der Waals surface area contributed by atoms with Gasteiger partial charge in [0.25, 0.3) is 0 Å². The summed E-state index contributed by atoms with van der Waals surface area (Å²) in [4.78, 5) is 23.8. The second-order valence-electron chi connectivity index (χ2n) is 6.96. The number of rotatable bonds is 6. The van der Waals surface area contributed by atoms with Gasteiger partial charge in [0, 0.05) is 10.7 Å². The summed E-state index contributed by atoms with van der Waals surface area (Å²) in [5, 5.41) is 6.79. The first-order chi connectivity index (χ1) is 14.9. The fourth-order valence-electron chi connectivity index (χ4n) is 2.58. The van der Waals surface area contributed by atoms with Crippen LogP contribution in [0.2, 0.25) is 5.02 Å². The van der Waals surface area contributed by atoms with E-state index >= 15 is 0 Å². The molecule has 7 heteroatoms. The third-order valence-electron chi connectivity index (χ3n) is 4.42. The van der Waals surface area contributed by atoms with Crippen molar-refractivity contribution in [1.82, 2.24) is 5.43 Å². The Morgan fingerprint density at radius 2 is 1.68 bits per heavy atom. The maximum atomic E-state index is 11.9. The highest BCUT2D eigenvalue weighted by Gasteiger charge is 2.13. The maximum Gasteiger partial charge on any atom is 0.329 e. The average Bonchev–Trinajstić information content (AvgIpc) is 2.76. The third kappa shape index (κ3) is 6.69. The first kappa shape index (κ1) is 22.1. The van der Waals surface area contributed by atoms with Crippen molar-refractivity contribution in [2.45, 2.75) is 20.5 Å². The molecular formula is C24H22ClN3O3. The number of ether oxygens (including phenoxy) is 1. The van der Waals surface area contributed by atoms with E-state index in [0.29, 0.717) is 17.3 Å². The summed E-state index contributed by atoms with van der Waals surface area (Å²) < 4.78 is 5.76. The van der Waals surface area contributed by atoms with Gasteiger partial charge in [-0.2, -0.15) is 5.10 Å². The highest BCUT2D eigenvalue weighted by molar-refractivity contribution is 6.39. The summed E-state index contributed by atoms with van der Waals surface area (Å²) in [5.74, 6) is -0.999. The van der Waals surface area contributed by atoms with Crippen molar-refractivity contribution in [1.29, 1.82) is 0 Å². The van der Waals surface area contributed by atoms with Gasteiger partial charge in [-0.3, -0.25) is 9.59 Å². The molecule has 0 saturated heterocycles. The molecule has 0 radical (unpaired) electrons. The fourth-order valence-corrected chi connectivity index (χ4v) is 2.76. The molecule has 0 saturated carbocycles. The maximum absolute atomic E-state index is 11.9. The van der Waals surface area contributed by atoms with Crippen molar-refractivity contribution >= 4 is 35.3 Å². The molecule has 0 spiro atoms. The van der Waals surface area contributed by atoms with Crippen LogP contribution in [0.15, 0.2) is 71.8 Å². The standard InChI is InChI=1S/C24H22ClN3O3/c1-16-3-6-19(7-4-16)15-31-21-11-8-18(9-12-21)14-26-28-24(30)23(29)27-20-10-5-17(2)22(25)13-20/h3-14H,15H2,1-2H3,(H,27,29)(H,28,30)/b26-14-. The quantitative estimate of drug-likeness (QED) is 0.336. The Kier molecular flexibility index (Phi) is 7.40.